The maximum absolute atomic E-state index is 5.71. The zero-order valence-electron chi connectivity index (χ0n) is 8.02. The topological polar surface area (TPSA) is 51.8 Å². The number of rotatable bonds is 2. The van der Waals surface area contributed by atoms with Gasteiger partial charge in [0.15, 0.2) is 5.13 Å². The van der Waals surface area contributed by atoms with E-state index < -0.39 is 0 Å². The molecule has 2 aromatic rings. The standard InChI is InChI=1S/C9H11N3S2/c1-5(2)7-6(12-9(10)14-7)8-11-3-4-13-8/h3-5H,1-2H3,(H2,10,12). The lowest BCUT2D eigenvalue weighted by molar-refractivity contribution is 0.887. The Kier molecular flexibility index (Phi) is 2.52. The van der Waals surface area contributed by atoms with Gasteiger partial charge < -0.3 is 5.73 Å². The van der Waals surface area contributed by atoms with E-state index in [1.165, 1.54) is 4.88 Å². The largest absolute Gasteiger partial charge is 0.375 e. The molecule has 0 unspecified atom stereocenters. The van der Waals surface area contributed by atoms with Gasteiger partial charge in [-0.3, -0.25) is 0 Å². The molecule has 0 radical (unpaired) electrons. The van der Waals surface area contributed by atoms with Crippen molar-refractivity contribution in [2.45, 2.75) is 19.8 Å². The summed E-state index contributed by atoms with van der Waals surface area (Å²) in [6.45, 7) is 4.29. The number of anilines is 1. The van der Waals surface area contributed by atoms with Crippen LogP contribution in [-0.2, 0) is 0 Å². The fourth-order valence-corrected chi connectivity index (χ4v) is 2.78. The molecular weight excluding hydrogens is 214 g/mol. The van der Waals surface area contributed by atoms with Crippen LogP contribution in [0.25, 0.3) is 10.7 Å². The third-order valence-corrected chi connectivity index (χ3v) is 3.79. The molecule has 0 amide bonds. The van der Waals surface area contributed by atoms with E-state index in [0.717, 1.165) is 10.7 Å². The van der Waals surface area contributed by atoms with Gasteiger partial charge in [-0.25, -0.2) is 9.97 Å². The summed E-state index contributed by atoms with van der Waals surface area (Å²) >= 11 is 3.15. The van der Waals surface area contributed by atoms with Crippen LogP contribution in [0.4, 0.5) is 5.13 Å². The van der Waals surface area contributed by atoms with E-state index in [9.17, 15) is 0 Å². The van der Waals surface area contributed by atoms with E-state index in [0.29, 0.717) is 11.0 Å². The fourth-order valence-electron chi connectivity index (χ4n) is 1.23. The number of nitrogens with two attached hydrogens (primary N) is 1. The summed E-state index contributed by atoms with van der Waals surface area (Å²) in [5.74, 6) is 0.448. The molecule has 2 N–H and O–H groups in total. The zero-order chi connectivity index (χ0) is 10.1. The Labute approximate surface area is 90.6 Å². The first-order valence-electron chi connectivity index (χ1n) is 4.34. The molecule has 0 bridgehead atoms. The van der Waals surface area contributed by atoms with Gasteiger partial charge in [0.05, 0.1) is 0 Å². The maximum atomic E-state index is 5.71. The molecule has 2 rings (SSSR count). The number of hydrogen-bond acceptors (Lipinski definition) is 5. The Bertz CT molecular complexity index is 417. The number of thiazole rings is 2. The van der Waals surface area contributed by atoms with Crippen LogP contribution in [0.15, 0.2) is 11.6 Å². The van der Waals surface area contributed by atoms with E-state index in [1.807, 2.05) is 5.38 Å². The van der Waals surface area contributed by atoms with Gasteiger partial charge in [0.2, 0.25) is 0 Å². The van der Waals surface area contributed by atoms with E-state index in [1.54, 1.807) is 28.9 Å². The van der Waals surface area contributed by atoms with Gasteiger partial charge in [-0.15, -0.1) is 22.7 Å². The monoisotopic (exact) mass is 225 g/mol. The van der Waals surface area contributed by atoms with Crippen molar-refractivity contribution in [1.29, 1.82) is 0 Å². The highest BCUT2D eigenvalue weighted by Gasteiger charge is 2.15. The Morgan fingerprint density at radius 1 is 1.43 bits per heavy atom. The average Bonchev–Trinajstić information content (AvgIpc) is 2.70. The SMILES string of the molecule is CC(C)c1sc(N)nc1-c1nccs1. The molecule has 0 saturated carbocycles. The van der Waals surface area contributed by atoms with Crippen molar-refractivity contribution in [1.82, 2.24) is 9.97 Å². The molecule has 0 atom stereocenters. The van der Waals surface area contributed by atoms with Gasteiger partial charge in [-0.1, -0.05) is 13.8 Å². The van der Waals surface area contributed by atoms with Crippen LogP contribution in [-0.4, -0.2) is 9.97 Å². The lowest BCUT2D eigenvalue weighted by atomic mass is 10.1. The Balaban J connectivity index is 2.52. The van der Waals surface area contributed by atoms with Crippen molar-refractivity contribution < 1.29 is 0 Å². The average molecular weight is 225 g/mol. The quantitative estimate of drug-likeness (QED) is 0.854. The molecule has 0 aliphatic rings. The highest BCUT2D eigenvalue weighted by atomic mass is 32.1. The Hall–Kier alpha value is -0.940. The van der Waals surface area contributed by atoms with Crippen LogP contribution in [0.1, 0.15) is 24.6 Å². The predicted molar refractivity (Wildman–Crippen MR) is 61.7 cm³/mol. The second kappa shape index (κ2) is 3.67. The lowest BCUT2D eigenvalue weighted by Crippen LogP contribution is -1.87. The molecule has 0 aromatic carbocycles. The van der Waals surface area contributed by atoms with Gasteiger partial charge in [0.25, 0.3) is 0 Å². The van der Waals surface area contributed by atoms with Crippen molar-refractivity contribution in [3.05, 3.63) is 16.5 Å². The van der Waals surface area contributed by atoms with Gasteiger partial charge in [-0.05, 0) is 5.92 Å². The van der Waals surface area contributed by atoms with Crippen molar-refractivity contribution in [3.63, 3.8) is 0 Å². The summed E-state index contributed by atoms with van der Waals surface area (Å²) in [6.07, 6.45) is 1.79. The molecule has 3 nitrogen and oxygen atoms in total. The van der Waals surface area contributed by atoms with Crippen LogP contribution >= 0.6 is 22.7 Å². The number of hydrogen-bond donors (Lipinski definition) is 1. The minimum atomic E-state index is 0.448. The second-order valence-corrected chi connectivity index (χ2v) is 5.21. The van der Waals surface area contributed by atoms with Gasteiger partial charge >= 0.3 is 0 Å². The number of nitrogens with zero attached hydrogens (tertiary/aromatic N) is 2. The molecule has 2 heterocycles. The van der Waals surface area contributed by atoms with Gasteiger partial charge in [0, 0.05) is 16.5 Å². The van der Waals surface area contributed by atoms with Crippen molar-refractivity contribution >= 4 is 27.8 Å². The number of nitrogen functional groups attached to an aromatic ring is 1. The van der Waals surface area contributed by atoms with Gasteiger partial charge in [0.1, 0.15) is 10.7 Å². The van der Waals surface area contributed by atoms with E-state index >= 15 is 0 Å². The van der Waals surface area contributed by atoms with E-state index in [-0.39, 0.29) is 0 Å². The zero-order valence-corrected chi connectivity index (χ0v) is 9.65. The Morgan fingerprint density at radius 3 is 2.79 bits per heavy atom. The molecule has 0 aliphatic heterocycles. The minimum Gasteiger partial charge on any atom is -0.375 e. The third-order valence-electron chi connectivity index (χ3n) is 1.83. The first-order chi connectivity index (χ1) is 6.68. The third kappa shape index (κ3) is 1.65. The molecule has 0 saturated heterocycles. The molecular formula is C9H11N3S2. The molecule has 2 aromatic heterocycles. The van der Waals surface area contributed by atoms with E-state index in [4.69, 9.17) is 5.73 Å². The smallest absolute Gasteiger partial charge is 0.180 e. The Morgan fingerprint density at radius 2 is 2.21 bits per heavy atom. The molecule has 0 aliphatic carbocycles. The van der Waals surface area contributed by atoms with Crippen LogP contribution in [0.2, 0.25) is 0 Å². The highest BCUT2D eigenvalue weighted by molar-refractivity contribution is 7.17. The maximum Gasteiger partial charge on any atom is 0.180 e. The van der Waals surface area contributed by atoms with Crippen LogP contribution in [0.5, 0.6) is 0 Å². The second-order valence-electron chi connectivity index (χ2n) is 3.26. The van der Waals surface area contributed by atoms with Gasteiger partial charge in [-0.2, -0.15) is 0 Å². The fraction of sp³-hybridized carbons (Fsp3) is 0.333. The highest BCUT2D eigenvalue weighted by Crippen LogP contribution is 2.35. The van der Waals surface area contributed by atoms with Crippen molar-refractivity contribution in [2.75, 3.05) is 5.73 Å². The summed E-state index contributed by atoms with van der Waals surface area (Å²) in [7, 11) is 0. The predicted octanol–water partition coefficient (Wildman–Crippen LogP) is 2.97. The first kappa shape index (κ1) is 9.61. The molecule has 5 heteroatoms. The van der Waals surface area contributed by atoms with Crippen LogP contribution in [0.3, 0.4) is 0 Å². The van der Waals surface area contributed by atoms with Crippen molar-refractivity contribution in [2.24, 2.45) is 0 Å². The number of aromatic nitrogens is 2. The minimum absolute atomic E-state index is 0.448. The summed E-state index contributed by atoms with van der Waals surface area (Å²) in [5.41, 5.74) is 6.66. The summed E-state index contributed by atoms with van der Waals surface area (Å²) in [6, 6.07) is 0. The normalized spacial score (nSPS) is 11.1. The summed E-state index contributed by atoms with van der Waals surface area (Å²) in [4.78, 5) is 9.79. The molecule has 0 spiro atoms. The lowest BCUT2D eigenvalue weighted by Gasteiger charge is -2.01. The van der Waals surface area contributed by atoms with Crippen LogP contribution < -0.4 is 5.73 Å². The molecule has 74 valence electrons. The molecule has 14 heavy (non-hydrogen) atoms. The van der Waals surface area contributed by atoms with E-state index in [2.05, 4.69) is 23.8 Å². The van der Waals surface area contributed by atoms with Crippen molar-refractivity contribution in [3.8, 4) is 10.7 Å². The first-order valence-corrected chi connectivity index (χ1v) is 6.04. The summed E-state index contributed by atoms with van der Waals surface area (Å²) in [5, 5.41) is 3.54. The van der Waals surface area contributed by atoms with Crippen LogP contribution in [0, 0.1) is 0 Å². The summed E-state index contributed by atoms with van der Waals surface area (Å²) < 4.78 is 0. The molecule has 0 fully saturated rings.